The zero-order chi connectivity index (χ0) is 13.9. The highest BCUT2D eigenvalue weighted by molar-refractivity contribution is 7.09. The highest BCUT2D eigenvalue weighted by Crippen LogP contribution is 2.22. The minimum Gasteiger partial charge on any atom is -0.312 e. The van der Waals surface area contributed by atoms with Crippen molar-refractivity contribution in [2.24, 2.45) is 0 Å². The van der Waals surface area contributed by atoms with Gasteiger partial charge in [-0.25, -0.2) is 9.37 Å². The number of hydrogen-bond donors (Lipinski definition) is 1. The minimum atomic E-state index is -0.214. The van der Waals surface area contributed by atoms with Crippen LogP contribution in [0.3, 0.4) is 0 Å². The van der Waals surface area contributed by atoms with Crippen LogP contribution in [0.25, 0.3) is 11.3 Å². The number of halogens is 1. The second-order valence-electron chi connectivity index (χ2n) is 5.56. The fourth-order valence-electron chi connectivity index (χ4n) is 1.72. The van der Waals surface area contributed by atoms with Crippen LogP contribution in [0, 0.1) is 5.82 Å². The maximum atomic E-state index is 12.9. The van der Waals surface area contributed by atoms with Gasteiger partial charge in [0.05, 0.1) is 10.7 Å². The fraction of sp³-hybridized carbons (Fsp3) is 0.400. The van der Waals surface area contributed by atoms with Crippen molar-refractivity contribution < 1.29 is 4.39 Å². The standard InChI is InChI=1S/C15H19FN2S/c1-15(2,3)17-9-8-14-18-13(10-19-14)11-4-6-12(16)7-5-11/h4-7,10,17H,8-9H2,1-3H3. The molecule has 0 aliphatic rings. The normalized spacial score (nSPS) is 11.8. The molecule has 1 N–H and O–H groups in total. The van der Waals surface area contributed by atoms with Crippen molar-refractivity contribution in [2.45, 2.75) is 32.7 Å². The van der Waals surface area contributed by atoms with Gasteiger partial charge in [0, 0.05) is 29.4 Å². The maximum absolute atomic E-state index is 12.9. The first-order valence-electron chi connectivity index (χ1n) is 6.39. The number of hydrogen-bond acceptors (Lipinski definition) is 3. The lowest BCUT2D eigenvalue weighted by Crippen LogP contribution is -2.37. The number of nitrogens with zero attached hydrogens (tertiary/aromatic N) is 1. The van der Waals surface area contributed by atoms with Crippen molar-refractivity contribution in [2.75, 3.05) is 6.54 Å². The molecule has 0 saturated heterocycles. The summed E-state index contributed by atoms with van der Waals surface area (Å²) in [5.41, 5.74) is 2.03. The Morgan fingerprint density at radius 3 is 2.53 bits per heavy atom. The largest absolute Gasteiger partial charge is 0.312 e. The fourth-order valence-corrected chi connectivity index (χ4v) is 2.53. The molecule has 19 heavy (non-hydrogen) atoms. The van der Waals surface area contributed by atoms with Gasteiger partial charge in [0.1, 0.15) is 5.82 Å². The number of aromatic nitrogens is 1. The van der Waals surface area contributed by atoms with Gasteiger partial charge in [0.15, 0.2) is 0 Å². The van der Waals surface area contributed by atoms with Gasteiger partial charge in [0.25, 0.3) is 0 Å². The summed E-state index contributed by atoms with van der Waals surface area (Å²) in [5.74, 6) is -0.214. The molecule has 0 amide bonds. The lowest BCUT2D eigenvalue weighted by molar-refractivity contribution is 0.429. The second-order valence-corrected chi connectivity index (χ2v) is 6.50. The molecule has 0 atom stereocenters. The Bertz CT molecular complexity index is 526. The average Bonchev–Trinajstić information content (AvgIpc) is 2.77. The van der Waals surface area contributed by atoms with Gasteiger partial charge < -0.3 is 5.32 Å². The lowest BCUT2D eigenvalue weighted by Gasteiger charge is -2.19. The molecule has 2 nitrogen and oxygen atoms in total. The maximum Gasteiger partial charge on any atom is 0.123 e. The van der Waals surface area contributed by atoms with Crippen LogP contribution in [0.1, 0.15) is 25.8 Å². The summed E-state index contributed by atoms with van der Waals surface area (Å²) < 4.78 is 12.9. The predicted molar refractivity (Wildman–Crippen MR) is 79.0 cm³/mol. The summed E-state index contributed by atoms with van der Waals surface area (Å²) in [7, 11) is 0. The van der Waals surface area contributed by atoms with Crippen molar-refractivity contribution in [3.63, 3.8) is 0 Å². The SMILES string of the molecule is CC(C)(C)NCCc1nc(-c2ccc(F)cc2)cs1. The first-order valence-corrected chi connectivity index (χ1v) is 7.27. The Labute approximate surface area is 117 Å². The number of rotatable bonds is 4. The van der Waals surface area contributed by atoms with Crippen LogP contribution in [0.2, 0.25) is 0 Å². The van der Waals surface area contributed by atoms with Gasteiger partial charge in [-0.2, -0.15) is 0 Å². The molecule has 2 rings (SSSR count). The van der Waals surface area contributed by atoms with E-state index in [1.807, 2.05) is 5.38 Å². The number of nitrogens with one attached hydrogen (secondary N) is 1. The molecule has 0 spiro atoms. The number of benzene rings is 1. The molecule has 1 aromatic carbocycles. The number of thiazole rings is 1. The second kappa shape index (κ2) is 5.80. The summed E-state index contributed by atoms with van der Waals surface area (Å²) in [5, 5.41) is 6.58. The molecule has 0 radical (unpaired) electrons. The molecular weight excluding hydrogens is 259 g/mol. The van der Waals surface area contributed by atoms with Gasteiger partial charge in [-0.1, -0.05) is 0 Å². The molecule has 0 saturated carbocycles. The van der Waals surface area contributed by atoms with E-state index in [2.05, 4.69) is 31.1 Å². The Kier molecular flexibility index (Phi) is 4.32. The average molecular weight is 278 g/mol. The molecule has 1 heterocycles. The van der Waals surface area contributed by atoms with E-state index in [0.29, 0.717) is 0 Å². The highest BCUT2D eigenvalue weighted by Gasteiger charge is 2.09. The van der Waals surface area contributed by atoms with Crippen molar-refractivity contribution in [1.82, 2.24) is 10.3 Å². The van der Waals surface area contributed by atoms with Crippen LogP contribution in [0.15, 0.2) is 29.6 Å². The Morgan fingerprint density at radius 2 is 1.89 bits per heavy atom. The van der Waals surface area contributed by atoms with E-state index >= 15 is 0 Å². The van der Waals surface area contributed by atoms with E-state index in [1.165, 1.54) is 12.1 Å². The van der Waals surface area contributed by atoms with Crippen LogP contribution in [0.5, 0.6) is 0 Å². The molecular formula is C15H19FN2S. The van der Waals surface area contributed by atoms with Gasteiger partial charge in [0.2, 0.25) is 0 Å². The van der Waals surface area contributed by atoms with Crippen LogP contribution < -0.4 is 5.32 Å². The zero-order valence-electron chi connectivity index (χ0n) is 11.5. The molecule has 1 aromatic heterocycles. The smallest absolute Gasteiger partial charge is 0.123 e. The van der Waals surface area contributed by atoms with Crippen LogP contribution in [-0.4, -0.2) is 17.1 Å². The first kappa shape index (κ1) is 14.2. The van der Waals surface area contributed by atoms with E-state index in [4.69, 9.17) is 0 Å². The monoisotopic (exact) mass is 278 g/mol. The third kappa shape index (κ3) is 4.40. The Balaban J connectivity index is 1.97. The zero-order valence-corrected chi connectivity index (χ0v) is 12.4. The molecule has 4 heteroatoms. The van der Waals surface area contributed by atoms with Gasteiger partial charge in [-0.15, -0.1) is 11.3 Å². The Morgan fingerprint density at radius 1 is 1.21 bits per heavy atom. The van der Waals surface area contributed by atoms with Crippen molar-refractivity contribution in [3.05, 3.63) is 40.5 Å². The quantitative estimate of drug-likeness (QED) is 0.918. The third-order valence-corrected chi connectivity index (χ3v) is 3.59. The van der Waals surface area contributed by atoms with Crippen LogP contribution >= 0.6 is 11.3 Å². The molecule has 0 aliphatic heterocycles. The summed E-state index contributed by atoms with van der Waals surface area (Å²) in [6, 6.07) is 6.47. The first-order chi connectivity index (χ1) is 8.94. The third-order valence-electron chi connectivity index (χ3n) is 2.69. The topological polar surface area (TPSA) is 24.9 Å². The summed E-state index contributed by atoms with van der Waals surface area (Å²) >= 11 is 1.65. The van der Waals surface area contributed by atoms with Gasteiger partial charge in [-0.3, -0.25) is 0 Å². The molecule has 0 bridgehead atoms. The predicted octanol–water partition coefficient (Wildman–Crippen LogP) is 3.88. The highest BCUT2D eigenvalue weighted by atomic mass is 32.1. The van der Waals surface area contributed by atoms with E-state index in [9.17, 15) is 4.39 Å². The molecule has 2 aromatic rings. The lowest BCUT2D eigenvalue weighted by atomic mass is 10.1. The van der Waals surface area contributed by atoms with Crippen molar-refractivity contribution in [1.29, 1.82) is 0 Å². The van der Waals surface area contributed by atoms with E-state index in [1.54, 1.807) is 23.5 Å². The van der Waals surface area contributed by atoms with Crippen LogP contribution in [0.4, 0.5) is 4.39 Å². The van der Waals surface area contributed by atoms with Gasteiger partial charge >= 0.3 is 0 Å². The molecule has 0 fully saturated rings. The van der Waals surface area contributed by atoms with E-state index in [-0.39, 0.29) is 11.4 Å². The minimum absolute atomic E-state index is 0.136. The summed E-state index contributed by atoms with van der Waals surface area (Å²) in [4.78, 5) is 4.59. The molecule has 0 unspecified atom stereocenters. The molecule has 0 aliphatic carbocycles. The van der Waals surface area contributed by atoms with E-state index in [0.717, 1.165) is 29.2 Å². The van der Waals surface area contributed by atoms with Crippen molar-refractivity contribution >= 4 is 11.3 Å². The van der Waals surface area contributed by atoms with Crippen LogP contribution in [-0.2, 0) is 6.42 Å². The van der Waals surface area contributed by atoms with Gasteiger partial charge in [-0.05, 0) is 45.0 Å². The van der Waals surface area contributed by atoms with Crippen molar-refractivity contribution in [3.8, 4) is 11.3 Å². The molecule has 102 valence electrons. The summed E-state index contributed by atoms with van der Waals surface area (Å²) in [6.07, 6.45) is 0.920. The van der Waals surface area contributed by atoms with E-state index < -0.39 is 0 Å². The summed E-state index contributed by atoms with van der Waals surface area (Å²) in [6.45, 7) is 7.37. The Hall–Kier alpha value is -1.26.